The maximum atomic E-state index is 11.4. The van der Waals surface area contributed by atoms with Crippen molar-refractivity contribution in [2.24, 2.45) is 13.0 Å². The summed E-state index contributed by atoms with van der Waals surface area (Å²) in [6.07, 6.45) is 3.07. The van der Waals surface area contributed by atoms with Crippen molar-refractivity contribution >= 4 is 22.7 Å². The third kappa shape index (κ3) is 2.38. The highest BCUT2D eigenvalue weighted by atomic mass is 16.4. The van der Waals surface area contributed by atoms with E-state index in [0.717, 1.165) is 11.9 Å². The number of anilines is 1. The topological polar surface area (TPSA) is 71.2 Å². The second-order valence-corrected chi connectivity index (χ2v) is 5.11. The normalized spacial score (nSPS) is 11.2. The zero-order chi connectivity index (χ0) is 14.2. The van der Waals surface area contributed by atoms with E-state index in [2.05, 4.69) is 23.9 Å². The van der Waals surface area contributed by atoms with Crippen molar-refractivity contribution in [2.75, 3.05) is 18.5 Å². The fourth-order valence-corrected chi connectivity index (χ4v) is 2.29. The lowest BCUT2D eigenvalue weighted by molar-refractivity contribution is 0.0697. The quantitative estimate of drug-likeness (QED) is 0.909. The van der Waals surface area contributed by atoms with E-state index in [1.807, 2.05) is 11.9 Å². The summed E-state index contributed by atoms with van der Waals surface area (Å²) in [4.78, 5) is 17.5. The van der Waals surface area contributed by atoms with Gasteiger partial charge in [0.2, 0.25) is 0 Å². The van der Waals surface area contributed by atoms with Gasteiger partial charge in [-0.2, -0.15) is 5.10 Å². The van der Waals surface area contributed by atoms with Gasteiger partial charge in [0.15, 0.2) is 5.65 Å². The Morgan fingerprint density at radius 3 is 2.74 bits per heavy atom. The zero-order valence-electron chi connectivity index (χ0n) is 11.6. The van der Waals surface area contributed by atoms with Crippen molar-refractivity contribution in [3.05, 3.63) is 18.0 Å². The number of pyridine rings is 1. The Morgan fingerprint density at radius 1 is 1.47 bits per heavy atom. The van der Waals surface area contributed by atoms with Crippen LogP contribution in [0.3, 0.4) is 0 Å². The van der Waals surface area contributed by atoms with Crippen LogP contribution in [-0.4, -0.2) is 39.4 Å². The highest BCUT2D eigenvalue weighted by molar-refractivity contribution is 6.03. The molecule has 2 aromatic rings. The summed E-state index contributed by atoms with van der Waals surface area (Å²) >= 11 is 0. The van der Waals surface area contributed by atoms with Gasteiger partial charge < -0.3 is 10.0 Å². The minimum atomic E-state index is -0.969. The van der Waals surface area contributed by atoms with Gasteiger partial charge >= 0.3 is 5.97 Å². The molecule has 6 nitrogen and oxygen atoms in total. The third-order valence-electron chi connectivity index (χ3n) is 2.98. The first kappa shape index (κ1) is 13.3. The van der Waals surface area contributed by atoms with Crippen molar-refractivity contribution < 1.29 is 9.90 Å². The largest absolute Gasteiger partial charge is 0.478 e. The molecule has 102 valence electrons. The van der Waals surface area contributed by atoms with Crippen molar-refractivity contribution in [2.45, 2.75) is 13.8 Å². The van der Waals surface area contributed by atoms with Crippen molar-refractivity contribution in [3.8, 4) is 0 Å². The Morgan fingerprint density at radius 2 is 2.16 bits per heavy atom. The van der Waals surface area contributed by atoms with Crippen LogP contribution in [0.5, 0.6) is 0 Å². The highest BCUT2D eigenvalue weighted by Gasteiger charge is 2.20. The van der Waals surface area contributed by atoms with Gasteiger partial charge in [-0.25, -0.2) is 9.78 Å². The van der Waals surface area contributed by atoms with E-state index >= 15 is 0 Å². The Balaban J connectivity index is 2.65. The van der Waals surface area contributed by atoms with Crippen LogP contribution < -0.4 is 4.90 Å². The first-order valence-corrected chi connectivity index (χ1v) is 6.17. The number of aromatic nitrogens is 3. The van der Waals surface area contributed by atoms with E-state index in [4.69, 9.17) is 0 Å². The van der Waals surface area contributed by atoms with Gasteiger partial charge in [-0.15, -0.1) is 0 Å². The predicted molar refractivity (Wildman–Crippen MR) is 73.6 cm³/mol. The standard InChI is InChI=1S/C13H18N4O2/c1-8(2)7-16(3)11-9-6-15-17(4)12(9)14-5-10(11)13(18)19/h5-6,8H,7H2,1-4H3,(H,18,19). The lowest BCUT2D eigenvalue weighted by Gasteiger charge is -2.23. The van der Waals surface area contributed by atoms with E-state index in [-0.39, 0.29) is 5.56 Å². The highest BCUT2D eigenvalue weighted by Crippen LogP contribution is 2.29. The van der Waals surface area contributed by atoms with Gasteiger partial charge in [-0.1, -0.05) is 13.8 Å². The van der Waals surface area contributed by atoms with Crippen molar-refractivity contribution in [1.29, 1.82) is 0 Å². The molecule has 0 amide bonds. The molecule has 2 aromatic heterocycles. The van der Waals surface area contributed by atoms with Crippen LogP contribution in [0.1, 0.15) is 24.2 Å². The number of nitrogens with zero attached hydrogens (tertiary/aromatic N) is 4. The van der Waals surface area contributed by atoms with Crippen LogP contribution in [-0.2, 0) is 7.05 Å². The second-order valence-electron chi connectivity index (χ2n) is 5.11. The van der Waals surface area contributed by atoms with Crippen LogP contribution in [0.25, 0.3) is 11.0 Å². The summed E-state index contributed by atoms with van der Waals surface area (Å²) in [5.41, 5.74) is 1.58. The number of aromatic carboxylic acids is 1. The Bertz CT molecular complexity index is 618. The average molecular weight is 262 g/mol. The predicted octanol–water partition coefficient (Wildman–Crippen LogP) is 1.76. The summed E-state index contributed by atoms with van der Waals surface area (Å²) in [6, 6.07) is 0. The number of fused-ring (bicyclic) bond motifs is 1. The Kier molecular flexibility index (Phi) is 3.42. The molecule has 19 heavy (non-hydrogen) atoms. The molecule has 0 atom stereocenters. The fourth-order valence-electron chi connectivity index (χ4n) is 2.29. The van der Waals surface area contributed by atoms with E-state index in [0.29, 0.717) is 17.3 Å². The number of aryl methyl sites for hydroxylation is 1. The minimum absolute atomic E-state index is 0.212. The van der Waals surface area contributed by atoms with Gasteiger partial charge in [0.25, 0.3) is 0 Å². The zero-order valence-corrected chi connectivity index (χ0v) is 11.6. The number of carboxylic acids is 1. The van der Waals surface area contributed by atoms with Gasteiger partial charge in [-0.05, 0) is 5.92 Å². The number of carboxylic acid groups (broad SMARTS) is 1. The SMILES string of the molecule is CC(C)CN(C)c1c(C(=O)O)cnc2c1cnn2C. The fraction of sp³-hybridized carbons (Fsp3) is 0.462. The summed E-state index contributed by atoms with van der Waals surface area (Å²) in [7, 11) is 3.69. The maximum Gasteiger partial charge on any atom is 0.339 e. The first-order chi connectivity index (χ1) is 8.91. The van der Waals surface area contributed by atoms with Gasteiger partial charge in [0.05, 0.1) is 17.3 Å². The molecule has 0 aromatic carbocycles. The molecule has 0 aliphatic rings. The molecule has 6 heteroatoms. The molecular formula is C13H18N4O2. The second kappa shape index (κ2) is 4.87. The number of hydrogen-bond acceptors (Lipinski definition) is 4. The Labute approximate surface area is 111 Å². The number of hydrogen-bond donors (Lipinski definition) is 1. The lowest BCUT2D eigenvalue weighted by Crippen LogP contribution is -2.25. The van der Waals surface area contributed by atoms with E-state index in [1.54, 1.807) is 17.9 Å². The summed E-state index contributed by atoms with van der Waals surface area (Å²) in [5.74, 6) is -0.532. The van der Waals surface area contributed by atoms with Gasteiger partial charge in [-0.3, -0.25) is 4.68 Å². The maximum absolute atomic E-state index is 11.4. The molecule has 0 saturated carbocycles. The van der Waals surface area contributed by atoms with Gasteiger partial charge in [0, 0.05) is 26.8 Å². The third-order valence-corrected chi connectivity index (χ3v) is 2.98. The molecule has 2 heterocycles. The van der Waals surface area contributed by atoms with Crippen molar-refractivity contribution in [3.63, 3.8) is 0 Å². The minimum Gasteiger partial charge on any atom is -0.478 e. The average Bonchev–Trinajstić information content (AvgIpc) is 2.69. The van der Waals surface area contributed by atoms with Crippen LogP contribution in [0.15, 0.2) is 12.4 Å². The molecule has 1 N–H and O–H groups in total. The number of carbonyl (C=O) groups is 1. The molecule has 0 bridgehead atoms. The van der Waals surface area contributed by atoms with Crippen molar-refractivity contribution in [1.82, 2.24) is 14.8 Å². The Hall–Kier alpha value is -2.11. The molecule has 0 spiro atoms. The molecule has 0 aliphatic carbocycles. The molecule has 0 aliphatic heterocycles. The van der Waals surface area contributed by atoms with Crippen LogP contribution in [0.4, 0.5) is 5.69 Å². The first-order valence-electron chi connectivity index (χ1n) is 6.17. The van der Waals surface area contributed by atoms with E-state index in [1.165, 1.54) is 6.20 Å². The molecule has 0 radical (unpaired) electrons. The van der Waals surface area contributed by atoms with E-state index in [9.17, 15) is 9.90 Å². The summed E-state index contributed by atoms with van der Waals surface area (Å²) in [6.45, 7) is 4.96. The molecule has 2 rings (SSSR count). The number of rotatable bonds is 4. The lowest BCUT2D eigenvalue weighted by atomic mass is 10.1. The van der Waals surface area contributed by atoms with Gasteiger partial charge in [0.1, 0.15) is 5.56 Å². The van der Waals surface area contributed by atoms with Crippen LogP contribution in [0.2, 0.25) is 0 Å². The summed E-state index contributed by atoms with van der Waals surface area (Å²) < 4.78 is 1.65. The molecule has 0 unspecified atom stereocenters. The molecule has 0 saturated heterocycles. The summed E-state index contributed by atoms with van der Waals surface area (Å²) in [5, 5.41) is 14.2. The molecule has 0 fully saturated rings. The van der Waals surface area contributed by atoms with Crippen LogP contribution in [0, 0.1) is 5.92 Å². The smallest absolute Gasteiger partial charge is 0.339 e. The monoisotopic (exact) mass is 262 g/mol. The van der Waals surface area contributed by atoms with Crippen LogP contribution >= 0.6 is 0 Å². The van der Waals surface area contributed by atoms with E-state index < -0.39 is 5.97 Å². The molecular weight excluding hydrogens is 244 g/mol.